The lowest BCUT2D eigenvalue weighted by Gasteiger charge is -2.12. The fraction of sp³-hybridized carbons (Fsp3) is 0.375. The monoisotopic (exact) mass is 438 g/mol. The predicted octanol–water partition coefficient (Wildman–Crippen LogP) is 2.79. The van der Waals surface area contributed by atoms with Crippen molar-refractivity contribution >= 4 is 29.1 Å². The highest BCUT2D eigenvalue weighted by Crippen LogP contribution is 2.13. The summed E-state index contributed by atoms with van der Waals surface area (Å²) in [6.45, 7) is 3.92. The summed E-state index contributed by atoms with van der Waals surface area (Å²) in [5, 5.41) is 11.5. The highest BCUT2D eigenvalue weighted by atomic mass is 16.5. The van der Waals surface area contributed by atoms with E-state index in [-0.39, 0.29) is 30.4 Å². The maximum atomic E-state index is 12.3. The summed E-state index contributed by atoms with van der Waals surface area (Å²) in [7, 11) is 0. The van der Waals surface area contributed by atoms with Gasteiger partial charge in [0.05, 0.1) is 12.6 Å². The van der Waals surface area contributed by atoms with Gasteiger partial charge in [0.25, 0.3) is 11.8 Å². The van der Waals surface area contributed by atoms with Crippen LogP contribution in [0.15, 0.2) is 48.5 Å². The van der Waals surface area contributed by atoms with Gasteiger partial charge in [-0.2, -0.15) is 0 Å². The van der Waals surface area contributed by atoms with Crippen molar-refractivity contribution in [1.29, 1.82) is 0 Å². The van der Waals surface area contributed by atoms with Crippen LogP contribution in [0.5, 0.6) is 0 Å². The molecule has 4 N–H and O–H groups in total. The van der Waals surface area contributed by atoms with E-state index in [0.29, 0.717) is 29.9 Å². The Hall–Kier alpha value is -3.39. The van der Waals surface area contributed by atoms with Crippen molar-refractivity contribution in [1.82, 2.24) is 10.6 Å². The summed E-state index contributed by atoms with van der Waals surface area (Å²) < 4.78 is 5.51. The third-order valence-electron chi connectivity index (χ3n) is 5.06. The van der Waals surface area contributed by atoms with Gasteiger partial charge in [0, 0.05) is 42.2 Å². The minimum Gasteiger partial charge on any atom is -0.376 e. The van der Waals surface area contributed by atoms with Crippen molar-refractivity contribution in [3.63, 3.8) is 0 Å². The summed E-state index contributed by atoms with van der Waals surface area (Å²) >= 11 is 0. The lowest BCUT2D eigenvalue weighted by atomic mass is 10.1. The highest BCUT2D eigenvalue weighted by Gasteiger charge is 2.16. The van der Waals surface area contributed by atoms with Crippen molar-refractivity contribution in [2.24, 2.45) is 0 Å². The average Bonchev–Trinajstić information content (AvgIpc) is 3.34. The van der Waals surface area contributed by atoms with Crippen molar-refractivity contribution in [3.8, 4) is 0 Å². The number of hydrogen-bond donors (Lipinski definition) is 4. The number of ether oxygens (including phenoxy) is 1. The Morgan fingerprint density at radius 2 is 1.75 bits per heavy atom. The molecule has 2 aromatic carbocycles. The van der Waals surface area contributed by atoms with E-state index in [1.54, 1.807) is 48.5 Å². The molecule has 2 aromatic rings. The lowest BCUT2D eigenvalue weighted by Crippen LogP contribution is -2.31. The molecule has 0 aromatic heterocycles. The van der Waals surface area contributed by atoms with Crippen LogP contribution in [-0.4, -0.2) is 50.1 Å². The van der Waals surface area contributed by atoms with Gasteiger partial charge in [0.15, 0.2) is 0 Å². The van der Waals surface area contributed by atoms with E-state index in [2.05, 4.69) is 21.3 Å². The highest BCUT2D eigenvalue weighted by molar-refractivity contribution is 5.98. The van der Waals surface area contributed by atoms with E-state index in [1.807, 2.05) is 6.92 Å². The lowest BCUT2D eigenvalue weighted by molar-refractivity contribution is -0.114. The molecule has 1 heterocycles. The molecule has 170 valence electrons. The van der Waals surface area contributed by atoms with Crippen LogP contribution in [0.2, 0.25) is 0 Å². The second-order valence-corrected chi connectivity index (χ2v) is 7.66. The Bertz CT molecular complexity index is 924. The second-order valence-electron chi connectivity index (χ2n) is 7.66. The SMILES string of the molecule is CCCNC(=O)c1cccc(NC(=O)CNc2ccc(C(=O)NCC3CCCO3)cc2)c1. The first kappa shape index (κ1) is 23.3. The van der Waals surface area contributed by atoms with Gasteiger partial charge >= 0.3 is 0 Å². The molecule has 0 radical (unpaired) electrons. The molecule has 8 nitrogen and oxygen atoms in total. The van der Waals surface area contributed by atoms with E-state index in [9.17, 15) is 14.4 Å². The number of amides is 3. The average molecular weight is 439 g/mol. The van der Waals surface area contributed by atoms with Crippen molar-refractivity contribution in [3.05, 3.63) is 59.7 Å². The molecular formula is C24H30N4O4. The molecule has 0 saturated carbocycles. The van der Waals surface area contributed by atoms with Gasteiger partial charge < -0.3 is 26.0 Å². The maximum absolute atomic E-state index is 12.3. The zero-order chi connectivity index (χ0) is 22.8. The molecule has 1 fully saturated rings. The van der Waals surface area contributed by atoms with Gasteiger partial charge in [0.1, 0.15) is 0 Å². The van der Waals surface area contributed by atoms with Gasteiger partial charge in [0.2, 0.25) is 5.91 Å². The van der Waals surface area contributed by atoms with E-state index in [1.165, 1.54) is 0 Å². The normalized spacial score (nSPS) is 15.1. The Morgan fingerprint density at radius 1 is 0.969 bits per heavy atom. The first-order valence-corrected chi connectivity index (χ1v) is 11.0. The number of nitrogens with one attached hydrogen (secondary N) is 4. The molecule has 1 saturated heterocycles. The molecule has 1 unspecified atom stereocenters. The fourth-order valence-electron chi connectivity index (χ4n) is 3.32. The molecular weight excluding hydrogens is 408 g/mol. The molecule has 1 aliphatic rings. The molecule has 32 heavy (non-hydrogen) atoms. The van der Waals surface area contributed by atoms with Crippen LogP contribution in [0, 0.1) is 0 Å². The minimum absolute atomic E-state index is 0.0524. The van der Waals surface area contributed by atoms with Crippen molar-refractivity contribution in [2.45, 2.75) is 32.3 Å². The Morgan fingerprint density at radius 3 is 2.47 bits per heavy atom. The topological polar surface area (TPSA) is 109 Å². The maximum Gasteiger partial charge on any atom is 0.251 e. The number of hydrogen-bond acceptors (Lipinski definition) is 5. The second kappa shape index (κ2) is 11.9. The van der Waals surface area contributed by atoms with Gasteiger partial charge in [-0.25, -0.2) is 0 Å². The zero-order valence-electron chi connectivity index (χ0n) is 18.3. The van der Waals surface area contributed by atoms with Crippen LogP contribution in [0.25, 0.3) is 0 Å². The van der Waals surface area contributed by atoms with Crippen molar-refractivity contribution in [2.75, 3.05) is 36.9 Å². The number of carbonyl (C=O) groups excluding carboxylic acids is 3. The molecule has 3 rings (SSSR count). The summed E-state index contributed by atoms with van der Waals surface area (Å²) in [4.78, 5) is 36.6. The van der Waals surface area contributed by atoms with Crippen LogP contribution < -0.4 is 21.3 Å². The van der Waals surface area contributed by atoms with Gasteiger partial charge in [-0.3, -0.25) is 14.4 Å². The van der Waals surface area contributed by atoms with E-state index >= 15 is 0 Å². The van der Waals surface area contributed by atoms with Crippen LogP contribution >= 0.6 is 0 Å². The number of benzene rings is 2. The van der Waals surface area contributed by atoms with Gasteiger partial charge in [-0.1, -0.05) is 13.0 Å². The Balaban J connectivity index is 1.44. The van der Waals surface area contributed by atoms with Crippen LogP contribution in [-0.2, 0) is 9.53 Å². The van der Waals surface area contributed by atoms with Crippen LogP contribution in [0.1, 0.15) is 46.9 Å². The molecule has 3 amide bonds. The first-order chi connectivity index (χ1) is 15.5. The Kier molecular flexibility index (Phi) is 8.62. The molecule has 0 bridgehead atoms. The predicted molar refractivity (Wildman–Crippen MR) is 124 cm³/mol. The van der Waals surface area contributed by atoms with Crippen molar-refractivity contribution < 1.29 is 19.1 Å². The number of anilines is 2. The van der Waals surface area contributed by atoms with E-state index in [4.69, 9.17) is 4.74 Å². The molecule has 0 aliphatic carbocycles. The largest absolute Gasteiger partial charge is 0.376 e. The summed E-state index contributed by atoms with van der Waals surface area (Å²) in [5.74, 6) is -0.553. The third-order valence-corrected chi connectivity index (χ3v) is 5.06. The molecule has 1 aliphatic heterocycles. The number of rotatable bonds is 10. The van der Waals surface area contributed by atoms with E-state index < -0.39 is 0 Å². The van der Waals surface area contributed by atoms with Crippen LogP contribution in [0.4, 0.5) is 11.4 Å². The molecule has 1 atom stereocenters. The molecule has 8 heteroatoms. The minimum atomic E-state index is -0.241. The zero-order valence-corrected chi connectivity index (χ0v) is 18.3. The quantitative estimate of drug-likeness (QED) is 0.456. The van der Waals surface area contributed by atoms with Gasteiger partial charge in [-0.05, 0) is 61.7 Å². The van der Waals surface area contributed by atoms with Gasteiger partial charge in [-0.15, -0.1) is 0 Å². The standard InChI is InChI=1S/C24H30N4O4/c1-2-12-25-24(31)18-5-3-6-20(14-18)28-22(29)16-26-19-10-8-17(9-11-19)23(30)27-15-21-7-4-13-32-21/h3,5-6,8-11,14,21,26H,2,4,7,12-13,15-16H2,1H3,(H,25,31)(H,27,30)(H,28,29). The fourth-order valence-corrected chi connectivity index (χ4v) is 3.32. The first-order valence-electron chi connectivity index (χ1n) is 11.0. The Labute approximate surface area is 188 Å². The third kappa shape index (κ3) is 7.09. The van der Waals surface area contributed by atoms with Crippen LogP contribution in [0.3, 0.4) is 0 Å². The van der Waals surface area contributed by atoms with E-state index in [0.717, 1.165) is 31.6 Å². The summed E-state index contributed by atoms with van der Waals surface area (Å²) in [6, 6.07) is 13.8. The number of carbonyl (C=O) groups is 3. The summed E-state index contributed by atoms with van der Waals surface area (Å²) in [6.07, 6.45) is 2.97. The molecule has 0 spiro atoms. The smallest absolute Gasteiger partial charge is 0.251 e. The summed E-state index contributed by atoms with van der Waals surface area (Å²) in [5.41, 5.74) is 2.33.